The lowest BCUT2D eigenvalue weighted by Gasteiger charge is -2.28. The Morgan fingerprint density at radius 2 is 1.95 bits per heavy atom. The molecule has 5 heteroatoms. The van der Waals surface area contributed by atoms with Crippen molar-refractivity contribution in [1.82, 2.24) is 5.32 Å². The van der Waals surface area contributed by atoms with Gasteiger partial charge in [0.05, 0.1) is 17.5 Å². The number of nitrogens with one attached hydrogen (secondary N) is 1. The average molecular weight is 277 g/mol. The highest BCUT2D eigenvalue weighted by atomic mass is 16.4. The summed E-state index contributed by atoms with van der Waals surface area (Å²) < 4.78 is 0. The molecule has 0 aliphatic heterocycles. The number of amides is 1. The molecule has 1 aliphatic carbocycles. The maximum absolute atomic E-state index is 12.3. The van der Waals surface area contributed by atoms with Crippen LogP contribution in [0, 0.1) is 6.92 Å². The van der Waals surface area contributed by atoms with E-state index in [4.69, 9.17) is 5.11 Å². The Balaban J connectivity index is 2.20. The number of hydrogen-bond acceptors (Lipinski definition) is 3. The lowest BCUT2D eigenvalue weighted by molar-refractivity contribution is -0.138. The third-order valence-electron chi connectivity index (χ3n) is 3.91. The summed E-state index contributed by atoms with van der Waals surface area (Å²) in [4.78, 5) is 23.3. The number of para-hydroxylation sites is 1. The molecule has 0 radical (unpaired) electrons. The molecule has 0 bridgehead atoms. The van der Waals surface area contributed by atoms with Gasteiger partial charge >= 0.3 is 5.97 Å². The minimum absolute atomic E-state index is 0.0477. The Bertz CT molecular complexity index is 533. The van der Waals surface area contributed by atoms with Crippen molar-refractivity contribution >= 4 is 11.9 Å². The van der Waals surface area contributed by atoms with Gasteiger partial charge < -0.3 is 15.5 Å². The number of aryl methyl sites for hydroxylation is 1. The molecular formula is C15H19NO4. The van der Waals surface area contributed by atoms with Crippen LogP contribution in [0.4, 0.5) is 0 Å². The van der Waals surface area contributed by atoms with Gasteiger partial charge in [0.25, 0.3) is 5.91 Å². The first-order valence-corrected chi connectivity index (χ1v) is 6.76. The molecule has 1 aromatic carbocycles. The van der Waals surface area contributed by atoms with Crippen molar-refractivity contribution < 1.29 is 19.8 Å². The van der Waals surface area contributed by atoms with Crippen LogP contribution in [0.25, 0.3) is 0 Å². The van der Waals surface area contributed by atoms with Crippen molar-refractivity contribution in [1.29, 1.82) is 0 Å². The molecule has 2 rings (SSSR count). The van der Waals surface area contributed by atoms with Crippen molar-refractivity contribution in [3.63, 3.8) is 0 Å². The maximum atomic E-state index is 12.3. The zero-order chi connectivity index (χ0) is 14.8. The molecule has 1 amide bonds. The fraction of sp³-hybridized carbons (Fsp3) is 0.467. The second-order valence-corrected chi connectivity index (χ2v) is 5.48. The summed E-state index contributed by atoms with van der Waals surface area (Å²) in [6.45, 7) is 1.72. The van der Waals surface area contributed by atoms with Gasteiger partial charge in [0.15, 0.2) is 0 Å². The molecule has 1 aliphatic rings. The Labute approximate surface area is 117 Å². The van der Waals surface area contributed by atoms with Gasteiger partial charge in [-0.25, -0.2) is 0 Å². The molecule has 0 unspecified atom stereocenters. The van der Waals surface area contributed by atoms with E-state index >= 15 is 0 Å². The SMILES string of the molecule is Cc1cccc(C(=O)NC2(CC(=O)O)CCCC2)c1O. The summed E-state index contributed by atoms with van der Waals surface area (Å²) in [6, 6.07) is 4.96. The van der Waals surface area contributed by atoms with Crippen LogP contribution < -0.4 is 5.32 Å². The van der Waals surface area contributed by atoms with Gasteiger partial charge in [-0.1, -0.05) is 25.0 Å². The van der Waals surface area contributed by atoms with Crippen molar-refractivity contribution in [2.24, 2.45) is 0 Å². The highest BCUT2D eigenvalue weighted by Gasteiger charge is 2.38. The van der Waals surface area contributed by atoms with Gasteiger partial charge in [-0.3, -0.25) is 9.59 Å². The number of aromatic hydroxyl groups is 1. The second-order valence-electron chi connectivity index (χ2n) is 5.48. The highest BCUT2D eigenvalue weighted by molar-refractivity contribution is 5.97. The second kappa shape index (κ2) is 5.53. The van der Waals surface area contributed by atoms with E-state index < -0.39 is 17.4 Å². The summed E-state index contributed by atoms with van der Waals surface area (Å²) in [5, 5.41) is 21.8. The quantitative estimate of drug-likeness (QED) is 0.787. The number of carbonyl (C=O) groups is 2. The number of carboxylic acid groups (broad SMARTS) is 1. The van der Waals surface area contributed by atoms with Gasteiger partial charge in [-0.05, 0) is 31.4 Å². The predicted molar refractivity (Wildman–Crippen MR) is 73.8 cm³/mol. The molecule has 0 atom stereocenters. The summed E-state index contributed by atoms with van der Waals surface area (Å²) in [5.74, 6) is -1.37. The molecule has 1 aromatic rings. The van der Waals surface area contributed by atoms with Crippen LogP contribution in [-0.4, -0.2) is 27.6 Å². The van der Waals surface area contributed by atoms with E-state index in [1.165, 1.54) is 0 Å². The van der Waals surface area contributed by atoms with Crippen LogP contribution in [0.3, 0.4) is 0 Å². The fourth-order valence-corrected chi connectivity index (χ4v) is 2.84. The molecule has 20 heavy (non-hydrogen) atoms. The predicted octanol–water partition coefficient (Wildman–Crippen LogP) is 2.22. The number of hydrogen-bond donors (Lipinski definition) is 3. The molecule has 108 valence electrons. The fourth-order valence-electron chi connectivity index (χ4n) is 2.84. The molecule has 0 spiro atoms. The molecule has 1 saturated carbocycles. The topological polar surface area (TPSA) is 86.6 Å². The van der Waals surface area contributed by atoms with Gasteiger partial charge in [0, 0.05) is 0 Å². The van der Waals surface area contributed by atoms with Gasteiger partial charge in [-0.15, -0.1) is 0 Å². The highest BCUT2D eigenvalue weighted by Crippen LogP contribution is 2.33. The first kappa shape index (κ1) is 14.4. The number of rotatable bonds is 4. The summed E-state index contributed by atoms with van der Waals surface area (Å²) >= 11 is 0. The Kier molecular flexibility index (Phi) is 3.97. The number of aliphatic carboxylic acids is 1. The first-order valence-electron chi connectivity index (χ1n) is 6.76. The number of phenolic OH excluding ortho intramolecular Hbond substituents is 1. The van der Waals surface area contributed by atoms with E-state index in [0.717, 1.165) is 12.8 Å². The molecule has 3 N–H and O–H groups in total. The normalized spacial score (nSPS) is 16.9. The van der Waals surface area contributed by atoms with E-state index in [2.05, 4.69) is 5.32 Å². The van der Waals surface area contributed by atoms with E-state index in [9.17, 15) is 14.7 Å². The molecular weight excluding hydrogens is 258 g/mol. The summed E-state index contributed by atoms with van der Waals surface area (Å²) in [7, 11) is 0. The van der Waals surface area contributed by atoms with E-state index in [-0.39, 0.29) is 17.7 Å². The van der Waals surface area contributed by atoms with Gasteiger partial charge in [0.2, 0.25) is 0 Å². The van der Waals surface area contributed by atoms with Crippen molar-refractivity contribution in [3.05, 3.63) is 29.3 Å². The van der Waals surface area contributed by atoms with Crippen molar-refractivity contribution in [3.8, 4) is 5.75 Å². The largest absolute Gasteiger partial charge is 0.507 e. The zero-order valence-electron chi connectivity index (χ0n) is 11.5. The number of carbonyl (C=O) groups excluding carboxylic acids is 1. The molecule has 5 nitrogen and oxygen atoms in total. The van der Waals surface area contributed by atoms with Crippen LogP contribution in [0.15, 0.2) is 18.2 Å². The third-order valence-corrected chi connectivity index (χ3v) is 3.91. The number of benzene rings is 1. The standard InChI is InChI=1S/C15H19NO4/c1-10-5-4-6-11(13(10)19)14(20)16-15(9-12(17)18)7-2-3-8-15/h4-6,19H,2-3,7-9H2,1H3,(H,16,20)(H,17,18). The van der Waals surface area contributed by atoms with Crippen molar-refractivity contribution in [2.45, 2.75) is 44.6 Å². The molecule has 0 heterocycles. The summed E-state index contributed by atoms with van der Waals surface area (Å²) in [6.07, 6.45) is 3.07. The number of phenols is 1. The van der Waals surface area contributed by atoms with Crippen LogP contribution in [0.5, 0.6) is 5.75 Å². The monoisotopic (exact) mass is 277 g/mol. The Hall–Kier alpha value is -2.04. The van der Waals surface area contributed by atoms with E-state index in [1.54, 1.807) is 25.1 Å². The lowest BCUT2D eigenvalue weighted by Crippen LogP contribution is -2.47. The zero-order valence-corrected chi connectivity index (χ0v) is 11.5. The van der Waals surface area contributed by atoms with Crippen LogP contribution in [-0.2, 0) is 4.79 Å². The van der Waals surface area contributed by atoms with Crippen LogP contribution >= 0.6 is 0 Å². The van der Waals surface area contributed by atoms with Crippen LogP contribution in [0.2, 0.25) is 0 Å². The van der Waals surface area contributed by atoms with Gasteiger partial charge in [-0.2, -0.15) is 0 Å². The van der Waals surface area contributed by atoms with E-state index in [1.807, 2.05) is 0 Å². The van der Waals surface area contributed by atoms with E-state index in [0.29, 0.717) is 18.4 Å². The van der Waals surface area contributed by atoms with Crippen molar-refractivity contribution in [2.75, 3.05) is 0 Å². The molecule has 0 saturated heterocycles. The molecule has 1 fully saturated rings. The Morgan fingerprint density at radius 1 is 1.30 bits per heavy atom. The molecule has 0 aromatic heterocycles. The van der Waals surface area contributed by atoms with Crippen LogP contribution in [0.1, 0.15) is 48.0 Å². The minimum atomic E-state index is -0.916. The average Bonchev–Trinajstić information content (AvgIpc) is 2.79. The minimum Gasteiger partial charge on any atom is -0.507 e. The lowest BCUT2D eigenvalue weighted by atomic mass is 9.92. The maximum Gasteiger partial charge on any atom is 0.305 e. The number of carboxylic acids is 1. The summed E-state index contributed by atoms with van der Waals surface area (Å²) in [5.41, 5.74) is 0.136. The Morgan fingerprint density at radius 3 is 2.55 bits per heavy atom. The first-order chi connectivity index (χ1) is 9.43. The van der Waals surface area contributed by atoms with Gasteiger partial charge in [0.1, 0.15) is 5.75 Å². The third kappa shape index (κ3) is 2.92. The smallest absolute Gasteiger partial charge is 0.305 e.